The second-order valence-electron chi connectivity index (χ2n) is 9.83. The Hall–Kier alpha value is -2.73. The number of imidazole rings is 1. The molecule has 2 N–H and O–H groups in total. The molecule has 192 valence electrons. The molecule has 0 saturated carbocycles. The zero-order valence-electron chi connectivity index (χ0n) is 20.5. The van der Waals surface area contributed by atoms with E-state index in [0.717, 1.165) is 40.2 Å². The molecule has 0 radical (unpaired) electrons. The summed E-state index contributed by atoms with van der Waals surface area (Å²) in [6, 6.07) is 3.90. The summed E-state index contributed by atoms with van der Waals surface area (Å²) in [5.74, 6) is 1.73. The summed E-state index contributed by atoms with van der Waals surface area (Å²) in [4.78, 5) is 29.1. The first-order chi connectivity index (χ1) is 17.2. The maximum atomic E-state index is 12.9. The number of aromatic nitrogens is 4. The van der Waals surface area contributed by atoms with Crippen LogP contribution in [0.25, 0.3) is 11.2 Å². The molecule has 5 rings (SSSR count). The number of fused-ring (bicyclic) bond motifs is 2. The van der Waals surface area contributed by atoms with Crippen LogP contribution in [0.3, 0.4) is 0 Å². The molecule has 0 spiro atoms. The van der Waals surface area contributed by atoms with Crippen molar-refractivity contribution in [2.75, 3.05) is 19.1 Å². The van der Waals surface area contributed by atoms with Gasteiger partial charge in [0.15, 0.2) is 33.6 Å². The summed E-state index contributed by atoms with van der Waals surface area (Å²) < 4.78 is 19.6. The summed E-state index contributed by atoms with van der Waals surface area (Å²) in [7, 11) is 0. The van der Waals surface area contributed by atoms with Gasteiger partial charge in [-0.2, -0.15) is 0 Å². The van der Waals surface area contributed by atoms with Gasteiger partial charge in [-0.3, -0.25) is 0 Å². The number of nitrogen functional groups attached to an aromatic ring is 1. The normalized spacial score (nSPS) is 17.6. The Balaban J connectivity index is 1.42. The number of aryl methyl sites for hydroxylation is 1. The fourth-order valence-electron chi connectivity index (χ4n) is 4.43. The molecule has 1 atom stereocenters. The number of nitrogens with two attached hydrogens (primary N) is 1. The van der Waals surface area contributed by atoms with E-state index in [-0.39, 0.29) is 18.9 Å². The lowest BCUT2D eigenvalue weighted by Crippen LogP contribution is -2.46. The van der Waals surface area contributed by atoms with E-state index < -0.39 is 5.60 Å². The number of benzene rings is 1. The van der Waals surface area contributed by atoms with Crippen molar-refractivity contribution in [3.05, 3.63) is 22.9 Å². The van der Waals surface area contributed by atoms with Crippen LogP contribution < -0.4 is 15.2 Å². The zero-order chi connectivity index (χ0) is 25.4. The topological polar surface area (TPSA) is 118 Å². The Morgan fingerprint density at radius 3 is 2.81 bits per heavy atom. The maximum absolute atomic E-state index is 12.9. The van der Waals surface area contributed by atoms with Crippen LogP contribution in [-0.2, 0) is 11.3 Å². The van der Waals surface area contributed by atoms with Gasteiger partial charge in [-0.25, -0.2) is 19.7 Å². The SMILES string of the molecule is CC(C)(C)OC(=O)N1CCCC[C@H]1CCn1c(Sc2cc3c(cc2Br)OCO3)nc2c(N)ncnc21. The molecule has 36 heavy (non-hydrogen) atoms. The minimum absolute atomic E-state index is 0.0698. The van der Waals surface area contributed by atoms with E-state index in [1.165, 1.54) is 18.1 Å². The van der Waals surface area contributed by atoms with Crippen LogP contribution in [0.5, 0.6) is 11.5 Å². The molecule has 10 nitrogen and oxygen atoms in total. The summed E-state index contributed by atoms with van der Waals surface area (Å²) in [6.07, 6.45) is 4.92. The highest BCUT2D eigenvalue weighted by atomic mass is 79.9. The van der Waals surface area contributed by atoms with Gasteiger partial charge >= 0.3 is 6.09 Å². The van der Waals surface area contributed by atoms with E-state index in [1.807, 2.05) is 37.8 Å². The molecule has 1 aromatic carbocycles. The highest BCUT2D eigenvalue weighted by Gasteiger charge is 2.31. The number of hydrogen-bond acceptors (Lipinski definition) is 9. The predicted molar refractivity (Wildman–Crippen MR) is 139 cm³/mol. The zero-order valence-corrected chi connectivity index (χ0v) is 22.9. The van der Waals surface area contributed by atoms with Crippen molar-refractivity contribution in [1.82, 2.24) is 24.4 Å². The monoisotopic (exact) mass is 576 g/mol. The summed E-state index contributed by atoms with van der Waals surface area (Å²) >= 11 is 5.12. The van der Waals surface area contributed by atoms with Crippen molar-refractivity contribution in [3.63, 3.8) is 0 Å². The first-order valence-corrected chi connectivity index (χ1v) is 13.5. The molecule has 3 aromatic rings. The van der Waals surface area contributed by atoms with Crippen LogP contribution in [-0.4, -0.2) is 55.5 Å². The molecule has 2 aliphatic heterocycles. The molecule has 2 aliphatic rings. The van der Waals surface area contributed by atoms with Crippen LogP contribution in [0, 0.1) is 0 Å². The fraction of sp³-hybridized carbons (Fsp3) is 0.500. The Bertz CT molecular complexity index is 1290. The molecule has 0 unspecified atom stereocenters. The molecule has 1 saturated heterocycles. The summed E-state index contributed by atoms with van der Waals surface area (Å²) in [5, 5.41) is 0.733. The van der Waals surface area contributed by atoms with E-state index >= 15 is 0 Å². The van der Waals surface area contributed by atoms with Crippen LogP contribution in [0.4, 0.5) is 10.6 Å². The third-order valence-corrected chi connectivity index (χ3v) is 8.07. The summed E-state index contributed by atoms with van der Waals surface area (Å²) in [6.45, 7) is 7.19. The molecule has 0 bridgehead atoms. The standard InChI is InChI=1S/C24H29BrN6O4S/c1-24(2,3)35-23(32)30-8-5-4-6-14(30)7-9-31-21-19(20(26)27-12-28-21)29-22(31)36-18-11-17-16(10-15(18)25)33-13-34-17/h10-12,14H,4-9,13H2,1-3H3,(H2,26,27,28)/t14-/m0/s1. The number of anilines is 1. The number of likely N-dealkylation sites (tertiary alicyclic amines) is 1. The van der Waals surface area contributed by atoms with Gasteiger partial charge in [0, 0.05) is 28.5 Å². The lowest BCUT2D eigenvalue weighted by molar-refractivity contribution is 0.00835. The van der Waals surface area contributed by atoms with Gasteiger partial charge in [-0.1, -0.05) is 11.8 Å². The third-order valence-electron chi connectivity index (χ3n) is 6.09. The minimum Gasteiger partial charge on any atom is -0.454 e. The number of ether oxygens (including phenoxy) is 3. The van der Waals surface area contributed by atoms with E-state index in [1.54, 1.807) is 0 Å². The number of carbonyl (C=O) groups excluding carboxylic acids is 1. The summed E-state index contributed by atoms with van der Waals surface area (Å²) in [5.41, 5.74) is 6.84. The largest absolute Gasteiger partial charge is 0.454 e. The molecular weight excluding hydrogens is 548 g/mol. The first kappa shape index (κ1) is 24.9. The molecule has 2 aromatic heterocycles. The minimum atomic E-state index is -0.532. The van der Waals surface area contributed by atoms with Gasteiger partial charge < -0.3 is 29.4 Å². The van der Waals surface area contributed by atoms with Crippen molar-refractivity contribution in [3.8, 4) is 11.5 Å². The number of carbonyl (C=O) groups is 1. The maximum Gasteiger partial charge on any atom is 0.410 e. The number of hydrogen-bond donors (Lipinski definition) is 1. The third kappa shape index (κ3) is 5.19. The van der Waals surface area contributed by atoms with Crippen LogP contribution in [0.1, 0.15) is 46.5 Å². The Kier molecular flexibility index (Phi) is 6.90. The number of piperidine rings is 1. The van der Waals surface area contributed by atoms with Gasteiger partial charge in [-0.15, -0.1) is 0 Å². The van der Waals surface area contributed by atoms with Gasteiger partial charge in [-0.05, 0) is 74.5 Å². The van der Waals surface area contributed by atoms with E-state index in [0.29, 0.717) is 41.6 Å². The lowest BCUT2D eigenvalue weighted by Gasteiger charge is -2.37. The van der Waals surface area contributed by atoms with Crippen molar-refractivity contribution in [2.45, 2.75) is 74.7 Å². The average molecular weight is 578 g/mol. The van der Waals surface area contributed by atoms with Crippen molar-refractivity contribution in [1.29, 1.82) is 0 Å². The van der Waals surface area contributed by atoms with Gasteiger partial charge in [0.05, 0.1) is 0 Å². The molecular formula is C24H29BrN6O4S. The number of rotatable bonds is 5. The average Bonchev–Trinajstić information content (AvgIpc) is 3.41. The van der Waals surface area contributed by atoms with Gasteiger partial charge in [0.25, 0.3) is 0 Å². The number of nitrogens with zero attached hydrogens (tertiary/aromatic N) is 5. The Morgan fingerprint density at radius 1 is 1.25 bits per heavy atom. The smallest absolute Gasteiger partial charge is 0.410 e. The van der Waals surface area contributed by atoms with Crippen molar-refractivity contribution >= 4 is 50.8 Å². The Labute approximate surface area is 222 Å². The highest BCUT2D eigenvalue weighted by molar-refractivity contribution is 9.10. The van der Waals surface area contributed by atoms with Gasteiger partial charge in [0.1, 0.15) is 11.9 Å². The molecule has 4 heterocycles. The second kappa shape index (κ2) is 9.97. The molecule has 1 fully saturated rings. The highest BCUT2D eigenvalue weighted by Crippen LogP contribution is 2.43. The number of amides is 1. The predicted octanol–water partition coefficient (Wildman–Crippen LogP) is 5.23. The second-order valence-corrected chi connectivity index (χ2v) is 11.7. The van der Waals surface area contributed by atoms with Crippen molar-refractivity contribution < 1.29 is 19.0 Å². The van der Waals surface area contributed by atoms with Gasteiger partial charge in [0.2, 0.25) is 6.79 Å². The van der Waals surface area contributed by atoms with Crippen LogP contribution >= 0.6 is 27.7 Å². The number of halogens is 1. The van der Waals surface area contributed by atoms with E-state index in [2.05, 4.69) is 30.5 Å². The van der Waals surface area contributed by atoms with Crippen LogP contribution in [0.15, 0.2) is 33.0 Å². The molecule has 0 aliphatic carbocycles. The first-order valence-electron chi connectivity index (χ1n) is 11.9. The van der Waals surface area contributed by atoms with Crippen LogP contribution in [0.2, 0.25) is 0 Å². The lowest BCUT2D eigenvalue weighted by atomic mass is 10.00. The Morgan fingerprint density at radius 2 is 2.03 bits per heavy atom. The molecule has 12 heteroatoms. The van der Waals surface area contributed by atoms with E-state index in [4.69, 9.17) is 24.9 Å². The fourth-order valence-corrected chi connectivity index (χ4v) is 5.94. The molecule has 1 amide bonds. The van der Waals surface area contributed by atoms with Crippen molar-refractivity contribution in [2.24, 2.45) is 0 Å². The van der Waals surface area contributed by atoms with E-state index in [9.17, 15) is 4.79 Å². The quantitative estimate of drug-likeness (QED) is 0.435.